The number of nitrogens with zero attached hydrogens (tertiary/aromatic N) is 1. The van der Waals surface area contributed by atoms with Crippen LogP contribution in [-0.2, 0) is 0 Å². The summed E-state index contributed by atoms with van der Waals surface area (Å²) in [7, 11) is 0. The number of anilines is 1. The summed E-state index contributed by atoms with van der Waals surface area (Å²) in [4.78, 5) is 3.26. The molecule has 0 aliphatic carbocycles. The van der Waals surface area contributed by atoms with Crippen LogP contribution in [0.25, 0.3) is 4.95 Å². The summed E-state index contributed by atoms with van der Waals surface area (Å²) in [6, 6.07) is 9.52. The molecule has 0 amide bonds. The van der Waals surface area contributed by atoms with Gasteiger partial charge in [0.05, 0.1) is 4.95 Å². The zero-order valence-electron chi connectivity index (χ0n) is 4.91. The van der Waals surface area contributed by atoms with Gasteiger partial charge in [-0.15, -0.1) is 0 Å². The molecule has 0 radical (unpaired) electrons. The minimum atomic E-state index is 0.903. The Labute approximate surface area is 53.9 Å². The summed E-state index contributed by atoms with van der Waals surface area (Å²) >= 11 is 0. The highest BCUT2D eigenvalue weighted by Gasteiger charge is 1.87. The highest BCUT2D eigenvalue weighted by Crippen LogP contribution is 2.03. The lowest BCUT2D eigenvalue weighted by Gasteiger charge is -1.84. The summed E-state index contributed by atoms with van der Waals surface area (Å²) < 4.78 is 0. The van der Waals surface area contributed by atoms with E-state index in [1.165, 1.54) is 0 Å². The van der Waals surface area contributed by atoms with Crippen LogP contribution in [0.1, 0.15) is 0 Å². The van der Waals surface area contributed by atoms with E-state index in [-0.39, 0.29) is 0 Å². The highest BCUT2D eigenvalue weighted by molar-refractivity contribution is 5.43. The molecule has 1 N–H and O–H groups in total. The first-order valence-corrected chi connectivity index (χ1v) is 2.64. The fourth-order valence-electron chi connectivity index (χ4n) is 0.587. The molecule has 1 aromatic rings. The molecule has 0 aliphatic heterocycles. The molecule has 0 spiro atoms. The average molecular weight is 119 g/mol. The van der Waals surface area contributed by atoms with E-state index in [4.69, 9.17) is 6.57 Å². The monoisotopic (exact) mass is 119 g/mol. The molecular weight excluding hydrogens is 112 g/mol. The molecule has 0 saturated carbocycles. The Morgan fingerprint density at radius 3 is 2.44 bits per heavy atom. The highest BCUT2D eigenvalue weighted by atomic mass is 15.2. The Hall–Kier alpha value is -1.49. The molecule has 0 unspecified atom stereocenters. The van der Waals surface area contributed by atoms with Crippen molar-refractivity contribution in [1.29, 1.82) is 0 Å². The Morgan fingerprint density at radius 2 is 1.89 bits per heavy atom. The fourth-order valence-corrected chi connectivity index (χ4v) is 0.587. The van der Waals surface area contributed by atoms with E-state index < -0.39 is 0 Å². The van der Waals surface area contributed by atoms with Crippen LogP contribution >= 0.6 is 0 Å². The van der Waals surface area contributed by atoms with Crippen molar-refractivity contribution in [2.24, 2.45) is 0 Å². The van der Waals surface area contributed by atoms with Crippen molar-refractivity contribution >= 4 is 5.69 Å². The van der Waals surface area contributed by atoms with Crippen LogP contribution < -0.4 is 5.43 Å². The Morgan fingerprint density at radius 1 is 1.22 bits per heavy atom. The maximum atomic E-state index is 4.87. The zero-order valence-corrected chi connectivity index (χ0v) is 4.91. The molecule has 0 heterocycles. The molecule has 0 atom stereocenters. The number of benzene rings is 1. The molecule has 44 valence electrons. The van der Waals surface area contributed by atoms with Gasteiger partial charge in [-0.2, -0.15) is 0 Å². The SMILES string of the molecule is C#[N+]Nc1ccccc1. The van der Waals surface area contributed by atoms with Crippen LogP contribution in [0.2, 0.25) is 0 Å². The third-order valence-corrected chi connectivity index (χ3v) is 0.967. The van der Waals surface area contributed by atoms with Crippen LogP contribution in [0.3, 0.4) is 0 Å². The Kier molecular flexibility index (Phi) is 1.71. The number of hydrogen-bond acceptors (Lipinski definition) is 1. The van der Waals surface area contributed by atoms with Crippen LogP contribution in [0.5, 0.6) is 0 Å². The topological polar surface area (TPSA) is 16.4 Å². The van der Waals surface area contributed by atoms with Crippen molar-refractivity contribution < 1.29 is 0 Å². The summed E-state index contributed by atoms with van der Waals surface area (Å²) in [5, 5.41) is 0. The predicted molar refractivity (Wildman–Crippen MR) is 38.4 cm³/mol. The molecule has 0 bridgehead atoms. The number of nitrogens with one attached hydrogen (secondary N) is 1. The molecule has 0 aliphatic rings. The fraction of sp³-hybridized carbons (Fsp3) is 0. The second-order valence-electron chi connectivity index (χ2n) is 1.61. The molecule has 1 rings (SSSR count). The predicted octanol–water partition coefficient (Wildman–Crippen LogP) is 1.98. The van der Waals surface area contributed by atoms with Crippen molar-refractivity contribution in [3.8, 4) is 6.57 Å². The number of para-hydroxylation sites is 1. The molecular formula is C7H7N2+. The van der Waals surface area contributed by atoms with E-state index in [0.29, 0.717) is 0 Å². The Bertz CT molecular complexity index is 210. The molecule has 0 fully saturated rings. The van der Waals surface area contributed by atoms with Gasteiger partial charge < -0.3 is 0 Å². The minimum Gasteiger partial charge on any atom is -0.0621 e. The second kappa shape index (κ2) is 2.73. The van der Waals surface area contributed by atoms with Gasteiger partial charge in [0, 0.05) is 0 Å². The first kappa shape index (κ1) is 5.64. The average Bonchev–Trinajstić information content (AvgIpc) is 1.91. The van der Waals surface area contributed by atoms with Crippen LogP contribution in [0, 0.1) is 6.57 Å². The lowest BCUT2D eigenvalue weighted by atomic mass is 10.3. The Balaban J connectivity index is 2.76. The van der Waals surface area contributed by atoms with Gasteiger partial charge in [0.2, 0.25) is 0 Å². The molecule has 2 heteroatoms. The van der Waals surface area contributed by atoms with Gasteiger partial charge in [0.25, 0.3) is 0 Å². The summed E-state index contributed by atoms with van der Waals surface area (Å²) in [6.07, 6.45) is 0. The number of rotatable bonds is 1. The lowest BCUT2D eigenvalue weighted by Crippen LogP contribution is -1.80. The van der Waals surface area contributed by atoms with E-state index >= 15 is 0 Å². The molecule has 0 saturated heterocycles. The van der Waals surface area contributed by atoms with Gasteiger partial charge in [-0.25, -0.2) is 0 Å². The van der Waals surface area contributed by atoms with Gasteiger partial charge >= 0.3 is 6.57 Å². The summed E-state index contributed by atoms with van der Waals surface area (Å²) in [6.45, 7) is 4.87. The smallest absolute Gasteiger partial charge is 0.0621 e. The van der Waals surface area contributed by atoms with Gasteiger partial charge in [0.15, 0.2) is 0 Å². The van der Waals surface area contributed by atoms with Crippen LogP contribution in [0.15, 0.2) is 30.3 Å². The first-order chi connectivity index (χ1) is 4.43. The van der Waals surface area contributed by atoms with Gasteiger partial charge in [-0.3, -0.25) is 0 Å². The normalized spacial score (nSPS) is 7.89. The van der Waals surface area contributed by atoms with Crippen molar-refractivity contribution in [2.75, 3.05) is 5.43 Å². The van der Waals surface area contributed by atoms with Crippen molar-refractivity contribution in [3.63, 3.8) is 0 Å². The standard InChI is InChI=1S/C7H7N2/c1-8-9-7-5-3-2-4-6-7/h1-6,9H/q+1. The third-order valence-electron chi connectivity index (χ3n) is 0.967. The minimum absolute atomic E-state index is 0.903. The van der Waals surface area contributed by atoms with Crippen LogP contribution in [-0.4, -0.2) is 0 Å². The second-order valence-corrected chi connectivity index (χ2v) is 1.61. The third kappa shape index (κ3) is 1.46. The van der Waals surface area contributed by atoms with Crippen molar-refractivity contribution in [3.05, 3.63) is 35.3 Å². The van der Waals surface area contributed by atoms with E-state index in [0.717, 1.165) is 5.69 Å². The van der Waals surface area contributed by atoms with E-state index in [2.05, 4.69) is 10.4 Å². The number of hydrogen-bond donors (Lipinski definition) is 1. The molecule has 1 aromatic carbocycles. The van der Waals surface area contributed by atoms with Crippen molar-refractivity contribution in [1.82, 2.24) is 0 Å². The molecule has 2 nitrogen and oxygen atoms in total. The van der Waals surface area contributed by atoms with Gasteiger partial charge in [0.1, 0.15) is 5.69 Å². The molecule has 9 heavy (non-hydrogen) atoms. The summed E-state index contributed by atoms with van der Waals surface area (Å²) in [5.41, 5.74) is 3.51. The largest absolute Gasteiger partial charge is 0.305 e. The zero-order chi connectivity index (χ0) is 6.53. The van der Waals surface area contributed by atoms with E-state index in [9.17, 15) is 0 Å². The maximum Gasteiger partial charge on any atom is 0.305 e. The van der Waals surface area contributed by atoms with Gasteiger partial charge in [-0.1, -0.05) is 18.2 Å². The quantitative estimate of drug-likeness (QED) is 0.559. The van der Waals surface area contributed by atoms with Crippen LogP contribution in [0.4, 0.5) is 5.69 Å². The van der Waals surface area contributed by atoms with Crippen molar-refractivity contribution in [2.45, 2.75) is 0 Å². The summed E-state index contributed by atoms with van der Waals surface area (Å²) in [5.74, 6) is 0. The van der Waals surface area contributed by atoms with E-state index in [1.54, 1.807) is 0 Å². The van der Waals surface area contributed by atoms with Gasteiger partial charge in [-0.05, 0) is 17.6 Å². The first-order valence-electron chi connectivity index (χ1n) is 2.64. The van der Waals surface area contributed by atoms with E-state index in [1.807, 2.05) is 30.3 Å². The lowest BCUT2D eigenvalue weighted by molar-refractivity contribution is 1.59. The molecule has 0 aromatic heterocycles. The maximum absolute atomic E-state index is 4.87.